The number of ether oxygens (including phenoxy) is 2. The van der Waals surface area contributed by atoms with Crippen molar-refractivity contribution in [2.24, 2.45) is 0 Å². The number of hydrogen-bond acceptors (Lipinski definition) is 5. The topological polar surface area (TPSA) is 69.6 Å². The predicted octanol–water partition coefficient (Wildman–Crippen LogP) is 3.79. The van der Waals surface area contributed by atoms with Crippen molar-refractivity contribution in [2.75, 3.05) is 19.5 Å². The van der Waals surface area contributed by atoms with E-state index in [9.17, 15) is 9.59 Å². The second-order valence-electron chi connectivity index (χ2n) is 5.19. The van der Waals surface area contributed by atoms with Gasteiger partial charge in [-0.3, -0.25) is 4.79 Å². The average Bonchev–Trinajstić information content (AvgIpc) is 3.17. The fraction of sp³-hybridized carbons (Fsp3) is 0.176. The van der Waals surface area contributed by atoms with Gasteiger partial charge >= 0.3 is 5.97 Å². The number of aromatic nitrogens is 1. The fourth-order valence-electron chi connectivity index (χ4n) is 2.49. The molecular formula is C17H15ClN2O4S. The molecule has 0 saturated carbocycles. The van der Waals surface area contributed by atoms with E-state index >= 15 is 0 Å². The first-order valence-corrected chi connectivity index (χ1v) is 8.57. The number of nitrogens with zero attached hydrogens (tertiary/aromatic N) is 1. The van der Waals surface area contributed by atoms with E-state index in [0.717, 1.165) is 10.2 Å². The van der Waals surface area contributed by atoms with Crippen molar-refractivity contribution < 1.29 is 19.1 Å². The standard InChI is InChI=1S/C17H15ClN2O4S/c1-23-14-4-3-11(8-12(14)18)19-15(21)9-20-13(17(22)24-2)7-10-5-6-25-16(10)20/h3-8H,9H2,1-2H3,(H,19,21). The Hall–Kier alpha value is -2.51. The number of fused-ring (bicyclic) bond motifs is 1. The Balaban J connectivity index is 1.83. The molecule has 8 heteroatoms. The predicted molar refractivity (Wildman–Crippen MR) is 97.8 cm³/mol. The minimum Gasteiger partial charge on any atom is -0.495 e. The van der Waals surface area contributed by atoms with Crippen molar-refractivity contribution >= 4 is 50.7 Å². The third-order valence-corrected chi connectivity index (χ3v) is 4.88. The summed E-state index contributed by atoms with van der Waals surface area (Å²) in [5.74, 6) is -0.237. The van der Waals surface area contributed by atoms with Gasteiger partial charge in [-0.05, 0) is 35.7 Å². The maximum absolute atomic E-state index is 12.4. The number of carbonyl (C=O) groups excluding carboxylic acids is 2. The molecule has 1 amide bonds. The third-order valence-electron chi connectivity index (χ3n) is 3.63. The molecule has 25 heavy (non-hydrogen) atoms. The number of nitrogens with one attached hydrogen (secondary N) is 1. The summed E-state index contributed by atoms with van der Waals surface area (Å²) in [4.78, 5) is 25.2. The number of benzene rings is 1. The van der Waals surface area contributed by atoms with Crippen LogP contribution in [0.5, 0.6) is 5.75 Å². The van der Waals surface area contributed by atoms with Crippen molar-refractivity contribution in [1.82, 2.24) is 4.57 Å². The summed E-state index contributed by atoms with van der Waals surface area (Å²) in [6.07, 6.45) is 0. The summed E-state index contributed by atoms with van der Waals surface area (Å²) in [6.45, 7) is -0.0158. The lowest BCUT2D eigenvalue weighted by Crippen LogP contribution is -2.21. The van der Waals surface area contributed by atoms with Crippen LogP contribution in [0.1, 0.15) is 10.5 Å². The molecule has 0 aliphatic carbocycles. The van der Waals surface area contributed by atoms with Gasteiger partial charge < -0.3 is 19.4 Å². The molecule has 1 N–H and O–H groups in total. The average molecular weight is 379 g/mol. The van der Waals surface area contributed by atoms with Crippen LogP contribution in [0, 0.1) is 0 Å². The quantitative estimate of drug-likeness (QED) is 0.686. The highest BCUT2D eigenvalue weighted by atomic mass is 35.5. The second-order valence-corrected chi connectivity index (χ2v) is 6.49. The molecule has 0 aliphatic rings. The highest BCUT2D eigenvalue weighted by Gasteiger charge is 2.19. The van der Waals surface area contributed by atoms with Crippen molar-refractivity contribution in [3.05, 3.63) is 46.4 Å². The normalized spacial score (nSPS) is 10.7. The number of carbonyl (C=O) groups is 2. The number of hydrogen-bond donors (Lipinski definition) is 1. The van der Waals surface area contributed by atoms with Crippen LogP contribution in [-0.2, 0) is 16.1 Å². The molecule has 0 spiro atoms. The van der Waals surface area contributed by atoms with Crippen LogP contribution in [0.3, 0.4) is 0 Å². The molecule has 3 rings (SSSR count). The summed E-state index contributed by atoms with van der Waals surface area (Å²) in [5.41, 5.74) is 0.886. The fourth-order valence-corrected chi connectivity index (χ4v) is 3.65. The molecule has 0 atom stereocenters. The highest BCUT2D eigenvalue weighted by molar-refractivity contribution is 7.16. The largest absolute Gasteiger partial charge is 0.495 e. The maximum atomic E-state index is 12.4. The summed E-state index contributed by atoms with van der Waals surface area (Å²) >= 11 is 7.52. The Morgan fingerprint density at radius 2 is 2.04 bits per heavy atom. The van der Waals surface area contributed by atoms with Gasteiger partial charge in [0.2, 0.25) is 5.91 Å². The molecule has 1 aromatic carbocycles. The smallest absolute Gasteiger partial charge is 0.354 e. The SMILES string of the molecule is COC(=O)c1cc2ccsc2n1CC(=O)Nc1ccc(OC)c(Cl)c1. The van der Waals surface area contributed by atoms with E-state index in [1.165, 1.54) is 25.6 Å². The number of rotatable bonds is 5. The summed E-state index contributed by atoms with van der Waals surface area (Å²) < 4.78 is 11.5. The Labute approximate surface area is 152 Å². The van der Waals surface area contributed by atoms with Gasteiger partial charge in [0.25, 0.3) is 0 Å². The number of amides is 1. The number of anilines is 1. The Morgan fingerprint density at radius 3 is 2.72 bits per heavy atom. The number of methoxy groups -OCH3 is 2. The Morgan fingerprint density at radius 1 is 1.24 bits per heavy atom. The van der Waals surface area contributed by atoms with Gasteiger partial charge in [-0.15, -0.1) is 11.3 Å². The van der Waals surface area contributed by atoms with Crippen molar-refractivity contribution in [3.8, 4) is 5.75 Å². The lowest BCUT2D eigenvalue weighted by atomic mass is 10.3. The van der Waals surface area contributed by atoms with Crippen LogP contribution < -0.4 is 10.1 Å². The van der Waals surface area contributed by atoms with Gasteiger partial charge in [0, 0.05) is 11.1 Å². The van der Waals surface area contributed by atoms with Crippen molar-refractivity contribution in [3.63, 3.8) is 0 Å². The van der Waals surface area contributed by atoms with Gasteiger partial charge in [-0.2, -0.15) is 0 Å². The van der Waals surface area contributed by atoms with E-state index in [2.05, 4.69) is 5.32 Å². The van der Waals surface area contributed by atoms with E-state index in [4.69, 9.17) is 21.1 Å². The van der Waals surface area contributed by atoms with Crippen molar-refractivity contribution in [1.29, 1.82) is 0 Å². The molecule has 6 nitrogen and oxygen atoms in total. The molecule has 0 saturated heterocycles. The van der Waals surface area contributed by atoms with Crippen LogP contribution in [0.15, 0.2) is 35.7 Å². The number of thiophene rings is 1. The van der Waals surface area contributed by atoms with Crippen molar-refractivity contribution in [2.45, 2.75) is 6.54 Å². The zero-order valence-corrected chi connectivity index (χ0v) is 15.1. The first kappa shape index (κ1) is 17.3. The van der Waals surface area contributed by atoms with E-state index in [-0.39, 0.29) is 12.5 Å². The van der Waals surface area contributed by atoms with Gasteiger partial charge in [0.15, 0.2) is 0 Å². The molecule has 0 bridgehead atoms. The first-order chi connectivity index (χ1) is 12.0. The van der Waals surface area contributed by atoms with E-state index in [0.29, 0.717) is 22.2 Å². The highest BCUT2D eigenvalue weighted by Crippen LogP contribution is 2.28. The lowest BCUT2D eigenvalue weighted by Gasteiger charge is -2.11. The van der Waals surface area contributed by atoms with E-state index < -0.39 is 5.97 Å². The van der Waals surface area contributed by atoms with E-state index in [1.807, 2.05) is 11.4 Å². The lowest BCUT2D eigenvalue weighted by molar-refractivity contribution is -0.116. The van der Waals surface area contributed by atoms with Crippen LogP contribution in [-0.4, -0.2) is 30.7 Å². The van der Waals surface area contributed by atoms with E-state index in [1.54, 1.807) is 28.8 Å². The van der Waals surface area contributed by atoms with Crippen LogP contribution >= 0.6 is 22.9 Å². The molecule has 0 radical (unpaired) electrons. The molecule has 0 unspecified atom stereocenters. The molecule has 0 aliphatic heterocycles. The summed E-state index contributed by atoms with van der Waals surface area (Å²) in [5, 5.41) is 5.97. The van der Waals surface area contributed by atoms with Crippen LogP contribution in [0.25, 0.3) is 10.2 Å². The Kier molecular flexibility index (Phi) is 4.96. The van der Waals surface area contributed by atoms with Gasteiger partial charge in [0.1, 0.15) is 22.8 Å². The number of esters is 1. The second kappa shape index (κ2) is 7.16. The Bertz CT molecular complexity index is 947. The third kappa shape index (κ3) is 3.47. The summed E-state index contributed by atoms with van der Waals surface area (Å²) in [7, 11) is 2.83. The molecule has 2 heterocycles. The minimum absolute atomic E-state index is 0.0158. The minimum atomic E-state index is -0.483. The summed E-state index contributed by atoms with van der Waals surface area (Å²) in [6, 6.07) is 8.58. The molecule has 0 fully saturated rings. The van der Waals surface area contributed by atoms with Gasteiger partial charge in [-0.25, -0.2) is 4.79 Å². The number of halogens is 1. The van der Waals surface area contributed by atoms with Gasteiger partial charge in [0.05, 0.1) is 19.2 Å². The molecular weight excluding hydrogens is 364 g/mol. The first-order valence-electron chi connectivity index (χ1n) is 7.32. The maximum Gasteiger partial charge on any atom is 0.354 e. The molecule has 130 valence electrons. The zero-order valence-electron chi connectivity index (χ0n) is 13.5. The van der Waals surface area contributed by atoms with Crippen LogP contribution in [0.2, 0.25) is 5.02 Å². The zero-order chi connectivity index (χ0) is 18.0. The van der Waals surface area contributed by atoms with Crippen LogP contribution in [0.4, 0.5) is 5.69 Å². The van der Waals surface area contributed by atoms with Gasteiger partial charge in [-0.1, -0.05) is 11.6 Å². The molecule has 2 aromatic heterocycles. The monoisotopic (exact) mass is 378 g/mol. The molecule has 3 aromatic rings.